The standard InChI is InChI=1S/C14H14N4O/c19-14(18-11-4-5-11)10-7-12(9-15-8-10)17-13-3-1-2-6-16-13/h1-3,6-9,11H,4-5H2,(H,16,17)(H,18,19). The first-order chi connectivity index (χ1) is 9.31. The summed E-state index contributed by atoms with van der Waals surface area (Å²) in [4.78, 5) is 20.2. The van der Waals surface area contributed by atoms with Crippen molar-refractivity contribution in [1.82, 2.24) is 15.3 Å². The first-order valence-corrected chi connectivity index (χ1v) is 6.25. The summed E-state index contributed by atoms with van der Waals surface area (Å²) in [6.45, 7) is 0. The van der Waals surface area contributed by atoms with Gasteiger partial charge in [0.05, 0.1) is 17.4 Å². The van der Waals surface area contributed by atoms with Gasteiger partial charge in [-0.1, -0.05) is 6.07 Å². The predicted octanol–water partition coefficient (Wildman–Crippen LogP) is 2.11. The fraction of sp³-hybridized carbons (Fsp3) is 0.214. The number of hydrogen-bond donors (Lipinski definition) is 2. The van der Waals surface area contributed by atoms with Gasteiger partial charge in [-0.25, -0.2) is 4.98 Å². The van der Waals surface area contributed by atoms with Crippen molar-refractivity contribution in [3.63, 3.8) is 0 Å². The van der Waals surface area contributed by atoms with Crippen LogP contribution in [0.2, 0.25) is 0 Å². The number of carbonyl (C=O) groups is 1. The van der Waals surface area contributed by atoms with Crippen molar-refractivity contribution in [3.05, 3.63) is 48.4 Å². The number of amides is 1. The van der Waals surface area contributed by atoms with E-state index in [0.29, 0.717) is 11.6 Å². The molecular formula is C14H14N4O. The molecule has 0 unspecified atom stereocenters. The summed E-state index contributed by atoms with van der Waals surface area (Å²) >= 11 is 0. The van der Waals surface area contributed by atoms with Crippen molar-refractivity contribution in [2.24, 2.45) is 0 Å². The second-order valence-electron chi connectivity index (χ2n) is 4.55. The molecule has 19 heavy (non-hydrogen) atoms. The normalized spacial score (nSPS) is 13.9. The molecule has 0 saturated heterocycles. The monoisotopic (exact) mass is 254 g/mol. The van der Waals surface area contributed by atoms with E-state index >= 15 is 0 Å². The zero-order valence-electron chi connectivity index (χ0n) is 10.3. The summed E-state index contributed by atoms with van der Waals surface area (Å²) in [5.41, 5.74) is 1.31. The molecule has 0 spiro atoms. The van der Waals surface area contributed by atoms with E-state index < -0.39 is 0 Å². The Morgan fingerprint density at radius 3 is 2.89 bits per heavy atom. The first-order valence-electron chi connectivity index (χ1n) is 6.25. The van der Waals surface area contributed by atoms with Gasteiger partial charge in [0.1, 0.15) is 5.82 Å². The highest BCUT2D eigenvalue weighted by Gasteiger charge is 2.23. The number of aromatic nitrogens is 2. The van der Waals surface area contributed by atoms with Crippen LogP contribution in [-0.4, -0.2) is 21.9 Å². The average Bonchev–Trinajstić information content (AvgIpc) is 3.24. The zero-order valence-corrected chi connectivity index (χ0v) is 10.3. The van der Waals surface area contributed by atoms with Crippen molar-refractivity contribution in [2.75, 3.05) is 5.32 Å². The second kappa shape index (κ2) is 5.06. The van der Waals surface area contributed by atoms with Gasteiger partial charge in [0, 0.05) is 18.4 Å². The minimum atomic E-state index is -0.0697. The molecule has 1 fully saturated rings. The third-order valence-electron chi connectivity index (χ3n) is 2.85. The van der Waals surface area contributed by atoms with Crippen LogP contribution >= 0.6 is 0 Å². The smallest absolute Gasteiger partial charge is 0.253 e. The molecule has 0 radical (unpaired) electrons. The molecule has 1 aliphatic rings. The Morgan fingerprint density at radius 2 is 2.16 bits per heavy atom. The number of nitrogens with zero attached hydrogens (tertiary/aromatic N) is 2. The zero-order chi connectivity index (χ0) is 13.1. The van der Waals surface area contributed by atoms with E-state index in [9.17, 15) is 4.79 Å². The van der Waals surface area contributed by atoms with E-state index in [0.717, 1.165) is 24.3 Å². The van der Waals surface area contributed by atoms with Crippen molar-refractivity contribution >= 4 is 17.4 Å². The highest BCUT2D eigenvalue weighted by molar-refractivity contribution is 5.95. The molecule has 1 amide bonds. The van der Waals surface area contributed by atoms with Crippen LogP contribution < -0.4 is 10.6 Å². The Balaban J connectivity index is 1.73. The molecule has 5 heteroatoms. The van der Waals surface area contributed by atoms with Gasteiger partial charge >= 0.3 is 0 Å². The van der Waals surface area contributed by atoms with E-state index in [2.05, 4.69) is 20.6 Å². The lowest BCUT2D eigenvalue weighted by Crippen LogP contribution is -2.25. The van der Waals surface area contributed by atoms with Gasteiger partial charge in [0.15, 0.2) is 0 Å². The number of nitrogens with one attached hydrogen (secondary N) is 2. The molecule has 0 aromatic carbocycles. The van der Waals surface area contributed by atoms with Gasteiger partial charge in [-0.2, -0.15) is 0 Å². The molecular weight excluding hydrogens is 240 g/mol. The van der Waals surface area contributed by atoms with E-state index in [1.54, 1.807) is 24.7 Å². The van der Waals surface area contributed by atoms with Gasteiger partial charge in [-0.3, -0.25) is 9.78 Å². The van der Waals surface area contributed by atoms with Crippen LogP contribution in [0.25, 0.3) is 0 Å². The summed E-state index contributed by atoms with van der Waals surface area (Å²) < 4.78 is 0. The lowest BCUT2D eigenvalue weighted by Gasteiger charge is -2.07. The molecule has 3 rings (SSSR count). The molecule has 0 bridgehead atoms. The molecule has 96 valence electrons. The van der Waals surface area contributed by atoms with E-state index in [-0.39, 0.29) is 5.91 Å². The van der Waals surface area contributed by atoms with Crippen LogP contribution in [0.5, 0.6) is 0 Å². The number of carbonyl (C=O) groups excluding carboxylic acids is 1. The molecule has 0 aliphatic heterocycles. The minimum absolute atomic E-state index is 0.0697. The van der Waals surface area contributed by atoms with Crippen LogP contribution in [0.3, 0.4) is 0 Å². The summed E-state index contributed by atoms with van der Waals surface area (Å²) in [6.07, 6.45) is 7.10. The van der Waals surface area contributed by atoms with Crippen LogP contribution in [0.4, 0.5) is 11.5 Å². The molecule has 1 saturated carbocycles. The fourth-order valence-corrected chi connectivity index (χ4v) is 1.71. The van der Waals surface area contributed by atoms with Gasteiger partial charge in [-0.05, 0) is 31.0 Å². The highest BCUT2D eigenvalue weighted by Crippen LogP contribution is 2.20. The average molecular weight is 254 g/mol. The van der Waals surface area contributed by atoms with Crippen LogP contribution in [-0.2, 0) is 0 Å². The summed E-state index contributed by atoms with van der Waals surface area (Å²) in [5, 5.41) is 6.05. The van der Waals surface area contributed by atoms with Gasteiger partial charge in [0.25, 0.3) is 5.91 Å². The quantitative estimate of drug-likeness (QED) is 0.877. The third-order valence-corrected chi connectivity index (χ3v) is 2.85. The largest absolute Gasteiger partial charge is 0.349 e. The number of hydrogen-bond acceptors (Lipinski definition) is 4. The molecule has 0 atom stereocenters. The molecule has 2 aromatic rings. The van der Waals surface area contributed by atoms with Gasteiger partial charge < -0.3 is 10.6 Å². The molecule has 1 aliphatic carbocycles. The van der Waals surface area contributed by atoms with Crippen LogP contribution in [0.15, 0.2) is 42.9 Å². The third kappa shape index (κ3) is 3.07. The Kier molecular flexibility index (Phi) is 3.10. The highest BCUT2D eigenvalue weighted by atomic mass is 16.1. The number of anilines is 2. The lowest BCUT2D eigenvalue weighted by molar-refractivity contribution is 0.0951. The van der Waals surface area contributed by atoms with Gasteiger partial charge in [-0.15, -0.1) is 0 Å². The summed E-state index contributed by atoms with van der Waals surface area (Å²) in [7, 11) is 0. The fourth-order valence-electron chi connectivity index (χ4n) is 1.71. The SMILES string of the molecule is O=C(NC1CC1)c1cncc(Nc2ccccn2)c1. The number of rotatable bonds is 4. The topological polar surface area (TPSA) is 66.9 Å². The second-order valence-corrected chi connectivity index (χ2v) is 4.55. The Morgan fingerprint density at radius 1 is 1.26 bits per heavy atom. The summed E-state index contributed by atoms with van der Waals surface area (Å²) in [6, 6.07) is 7.73. The molecule has 2 N–H and O–H groups in total. The Labute approximate surface area is 111 Å². The van der Waals surface area contributed by atoms with Crippen LogP contribution in [0, 0.1) is 0 Å². The number of pyridine rings is 2. The van der Waals surface area contributed by atoms with Crippen molar-refractivity contribution in [3.8, 4) is 0 Å². The maximum Gasteiger partial charge on any atom is 0.253 e. The predicted molar refractivity (Wildman–Crippen MR) is 72.2 cm³/mol. The first kappa shape index (κ1) is 11.6. The molecule has 2 aromatic heterocycles. The van der Waals surface area contributed by atoms with Crippen molar-refractivity contribution in [1.29, 1.82) is 0 Å². The minimum Gasteiger partial charge on any atom is -0.349 e. The summed E-state index contributed by atoms with van der Waals surface area (Å²) in [5.74, 6) is 0.656. The van der Waals surface area contributed by atoms with Gasteiger partial charge in [0.2, 0.25) is 0 Å². The Hall–Kier alpha value is -2.43. The van der Waals surface area contributed by atoms with E-state index in [4.69, 9.17) is 0 Å². The van der Waals surface area contributed by atoms with Crippen molar-refractivity contribution < 1.29 is 4.79 Å². The van der Waals surface area contributed by atoms with Crippen LogP contribution in [0.1, 0.15) is 23.2 Å². The lowest BCUT2D eigenvalue weighted by atomic mass is 10.2. The molecule has 2 heterocycles. The maximum atomic E-state index is 11.9. The maximum absolute atomic E-state index is 11.9. The van der Waals surface area contributed by atoms with E-state index in [1.807, 2.05) is 18.2 Å². The van der Waals surface area contributed by atoms with Crippen molar-refractivity contribution in [2.45, 2.75) is 18.9 Å². The van der Waals surface area contributed by atoms with E-state index in [1.165, 1.54) is 0 Å². The Bertz CT molecular complexity index is 581. The molecule has 5 nitrogen and oxygen atoms in total.